The highest BCUT2D eigenvalue weighted by Gasteiger charge is 2.40. The van der Waals surface area contributed by atoms with E-state index in [1.165, 1.54) is 17.0 Å². The van der Waals surface area contributed by atoms with E-state index >= 15 is 0 Å². The van der Waals surface area contributed by atoms with E-state index in [1.54, 1.807) is 70.2 Å². The molecule has 0 aliphatic carbocycles. The first kappa shape index (κ1) is 61.7. The maximum Gasteiger partial charge on any atom is 0.326 e. The molecular formula is C53H82N10O11. The molecule has 0 spiro atoms. The Morgan fingerprint density at radius 1 is 0.622 bits per heavy atom. The van der Waals surface area contributed by atoms with Gasteiger partial charge in [-0.1, -0.05) is 97.9 Å². The summed E-state index contributed by atoms with van der Waals surface area (Å²) in [7, 11) is 0. The first-order valence-electron chi connectivity index (χ1n) is 25.8. The molecule has 74 heavy (non-hydrogen) atoms. The summed E-state index contributed by atoms with van der Waals surface area (Å²) in [5.74, 6) is -7.38. The van der Waals surface area contributed by atoms with Crippen LogP contribution in [0.15, 0.2) is 54.6 Å². The minimum Gasteiger partial charge on any atom is -0.508 e. The second-order valence-electron chi connectivity index (χ2n) is 20.7. The molecule has 1 aliphatic rings. The first-order valence-corrected chi connectivity index (χ1v) is 25.8. The minimum absolute atomic E-state index is 0.0119. The lowest BCUT2D eigenvalue weighted by atomic mass is 9.99. The predicted molar refractivity (Wildman–Crippen MR) is 278 cm³/mol. The number of nitrogens with two attached hydrogens (primary N) is 2. The van der Waals surface area contributed by atoms with Crippen molar-refractivity contribution in [2.75, 3.05) is 19.6 Å². The number of likely N-dealkylation sites (tertiary alicyclic amines) is 1. The van der Waals surface area contributed by atoms with Crippen LogP contribution in [0.1, 0.15) is 111 Å². The van der Waals surface area contributed by atoms with Gasteiger partial charge in [0.15, 0.2) is 0 Å². The van der Waals surface area contributed by atoms with Crippen molar-refractivity contribution in [1.29, 1.82) is 0 Å². The van der Waals surface area contributed by atoms with Crippen LogP contribution in [-0.2, 0) is 56.0 Å². The quantitative estimate of drug-likeness (QED) is 0.0490. The topological polar surface area (TPSA) is 334 Å². The Balaban J connectivity index is 1.78. The third-order valence-corrected chi connectivity index (χ3v) is 12.6. The minimum atomic E-state index is -1.29. The lowest BCUT2D eigenvalue weighted by Gasteiger charge is -2.31. The fourth-order valence-corrected chi connectivity index (χ4v) is 8.61. The third kappa shape index (κ3) is 20.4. The molecule has 3 rings (SSSR count). The van der Waals surface area contributed by atoms with Crippen LogP contribution in [0.2, 0.25) is 0 Å². The van der Waals surface area contributed by atoms with Gasteiger partial charge in [0, 0.05) is 19.4 Å². The van der Waals surface area contributed by atoms with Crippen molar-refractivity contribution >= 4 is 53.2 Å². The number of carboxylic acids is 1. The van der Waals surface area contributed by atoms with Gasteiger partial charge >= 0.3 is 5.97 Å². The molecule has 21 nitrogen and oxygen atoms in total. The van der Waals surface area contributed by atoms with Crippen LogP contribution >= 0.6 is 0 Å². The number of benzene rings is 2. The second-order valence-corrected chi connectivity index (χ2v) is 20.7. The molecule has 0 saturated carbocycles. The maximum atomic E-state index is 14.4. The van der Waals surface area contributed by atoms with Crippen molar-refractivity contribution in [3.8, 4) is 5.75 Å². The molecule has 0 aromatic heterocycles. The highest BCUT2D eigenvalue weighted by Crippen LogP contribution is 2.21. The summed E-state index contributed by atoms with van der Waals surface area (Å²) in [6.07, 6.45) is 2.42. The molecule has 0 bridgehead atoms. The zero-order valence-corrected chi connectivity index (χ0v) is 44.3. The number of aliphatic carboxylic acids is 1. The number of carbonyl (C=O) groups is 9. The smallest absolute Gasteiger partial charge is 0.326 e. The van der Waals surface area contributed by atoms with E-state index < -0.39 is 120 Å². The number of aromatic hydroxyl groups is 1. The van der Waals surface area contributed by atoms with Gasteiger partial charge in [-0.3, -0.25) is 38.4 Å². The second kappa shape index (κ2) is 30.6. The summed E-state index contributed by atoms with van der Waals surface area (Å²) in [4.78, 5) is 124. The Morgan fingerprint density at radius 3 is 1.74 bits per heavy atom. The average molecular weight is 1040 g/mol. The van der Waals surface area contributed by atoms with Crippen molar-refractivity contribution < 1.29 is 53.4 Å². The van der Waals surface area contributed by atoms with E-state index in [-0.39, 0.29) is 56.2 Å². The Labute approximate surface area is 435 Å². The van der Waals surface area contributed by atoms with Gasteiger partial charge in [-0.05, 0) is 98.4 Å². The van der Waals surface area contributed by atoms with Crippen molar-refractivity contribution in [2.24, 2.45) is 35.1 Å². The molecule has 21 heteroatoms. The van der Waals surface area contributed by atoms with Crippen molar-refractivity contribution in [1.82, 2.24) is 42.1 Å². The summed E-state index contributed by atoms with van der Waals surface area (Å²) in [6.45, 7) is 14.2. The predicted octanol–water partition coefficient (Wildman–Crippen LogP) is 1.14. The summed E-state index contributed by atoms with van der Waals surface area (Å²) in [5, 5.41) is 38.4. The number of nitrogens with one attached hydrogen (secondary N) is 7. The van der Waals surface area contributed by atoms with Gasteiger partial charge in [0.1, 0.15) is 48.0 Å². The molecule has 1 heterocycles. The molecule has 1 fully saturated rings. The number of hydrogen-bond acceptors (Lipinski definition) is 12. The average Bonchev–Trinajstić information content (AvgIpc) is 3.83. The number of amides is 8. The summed E-state index contributed by atoms with van der Waals surface area (Å²) >= 11 is 0. The number of carboxylic acid groups (broad SMARTS) is 1. The van der Waals surface area contributed by atoms with E-state index in [9.17, 15) is 53.4 Å². The lowest BCUT2D eigenvalue weighted by molar-refractivity contribution is -0.143. The number of hydrogen-bond donors (Lipinski definition) is 11. The van der Waals surface area contributed by atoms with Crippen LogP contribution in [0.25, 0.3) is 0 Å². The molecule has 2 aromatic carbocycles. The number of nitrogens with zero attached hydrogens (tertiary/aromatic N) is 1. The number of carbonyl (C=O) groups excluding carboxylic acids is 8. The van der Waals surface area contributed by atoms with Crippen molar-refractivity contribution in [2.45, 2.75) is 162 Å². The fourth-order valence-electron chi connectivity index (χ4n) is 8.61. The molecular weight excluding hydrogens is 953 g/mol. The fraction of sp³-hybridized carbons (Fsp3) is 0.604. The monoisotopic (exact) mass is 1030 g/mol. The van der Waals surface area contributed by atoms with E-state index in [0.717, 1.165) is 0 Å². The Morgan fingerprint density at radius 2 is 1.18 bits per heavy atom. The summed E-state index contributed by atoms with van der Waals surface area (Å²) in [6, 6.07) is 5.91. The van der Waals surface area contributed by atoms with Crippen molar-refractivity contribution in [3.63, 3.8) is 0 Å². The highest BCUT2D eigenvalue weighted by molar-refractivity contribution is 5.98. The summed E-state index contributed by atoms with van der Waals surface area (Å²) in [5.41, 5.74) is 13.2. The zero-order chi connectivity index (χ0) is 55.2. The van der Waals surface area contributed by atoms with E-state index in [2.05, 4.69) is 37.2 Å². The summed E-state index contributed by atoms with van der Waals surface area (Å²) < 4.78 is 0. The van der Waals surface area contributed by atoms with Crippen LogP contribution < -0.4 is 48.7 Å². The van der Waals surface area contributed by atoms with E-state index in [0.29, 0.717) is 43.4 Å². The molecule has 1 aliphatic heterocycles. The number of phenols is 1. The van der Waals surface area contributed by atoms with Crippen LogP contribution in [0.5, 0.6) is 5.75 Å². The van der Waals surface area contributed by atoms with Gasteiger partial charge in [0.25, 0.3) is 0 Å². The zero-order valence-electron chi connectivity index (χ0n) is 44.3. The van der Waals surface area contributed by atoms with Crippen LogP contribution in [0, 0.1) is 23.7 Å². The van der Waals surface area contributed by atoms with Gasteiger partial charge in [-0.25, -0.2) is 4.79 Å². The number of phenolic OH excluding ortho intramolecular Hbond substituents is 1. The number of unbranched alkanes of at least 4 members (excludes halogenated alkanes) is 1. The van der Waals surface area contributed by atoms with Gasteiger partial charge in [0.2, 0.25) is 47.3 Å². The molecule has 1 saturated heterocycles. The Kier molecular flexibility index (Phi) is 25.5. The van der Waals surface area contributed by atoms with Gasteiger partial charge < -0.3 is 63.8 Å². The maximum absolute atomic E-state index is 14.4. The number of rotatable bonds is 30. The Bertz CT molecular complexity index is 2190. The highest BCUT2D eigenvalue weighted by atomic mass is 16.4. The standard InChI is InChI=1S/C53H82N10O11/c1-30(2)25-37(55)46(66)58-39(26-31(3)4)48(68)59-40(27-34-15-10-9-11-16-34)47(67)56-29-43(65)57-38(17-12-13-23-54)52(72)63-24-14-18-42(63)50(70)61-44(32(5)6)51(71)60-41(28-35-19-21-36(64)22-20-35)49(69)62-45(33(7)8)53(73)74/h9-11,15-16,19-22,30-33,37-42,44-45,64H,12-14,17-18,23-29,54-55H2,1-8H3,(H,56,67)(H,57,65)(H,58,66)(H,59,68)(H,60,71)(H,61,70)(H,62,69)(H,73,74)/t37-,38-,39-,40-,41-,42-,44-,45-/m0/s1. The van der Waals surface area contributed by atoms with Crippen LogP contribution in [-0.4, -0.2) is 136 Å². The lowest BCUT2D eigenvalue weighted by Crippen LogP contribution is -2.60. The van der Waals surface area contributed by atoms with Gasteiger partial charge in [0.05, 0.1) is 12.6 Å². The normalized spacial score (nSPS) is 16.3. The molecule has 0 radical (unpaired) electrons. The SMILES string of the molecule is CC(C)C[C@H](NC(=O)[C@@H](N)CC(C)C)C(=O)N[C@@H](Cc1ccccc1)C(=O)NCC(=O)N[C@@H](CCCCN)C(=O)N1CCC[C@H]1C(=O)N[C@H](C(=O)N[C@@H](Cc1ccc(O)cc1)C(=O)N[C@H](C(=O)O)C(C)C)C(C)C. The molecule has 2 aromatic rings. The third-order valence-electron chi connectivity index (χ3n) is 12.6. The molecule has 8 amide bonds. The molecule has 13 N–H and O–H groups in total. The first-order chi connectivity index (χ1) is 34.9. The van der Waals surface area contributed by atoms with Crippen LogP contribution in [0.4, 0.5) is 0 Å². The molecule has 0 unspecified atom stereocenters. The van der Waals surface area contributed by atoms with E-state index in [1.807, 2.05) is 27.7 Å². The molecule has 410 valence electrons. The largest absolute Gasteiger partial charge is 0.508 e. The Hall–Kier alpha value is -6.61. The van der Waals surface area contributed by atoms with Gasteiger partial charge in [-0.2, -0.15) is 0 Å². The van der Waals surface area contributed by atoms with Crippen molar-refractivity contribution in [3.05, 3.63) is 65.7 Å². The van der Waals surface area contributed by atoms with E-state index in [4.69, 9.17) is 11.5 Å². The van der Waals surface area contributed by atoms with Crippen LogP contribution in [0.3, 0.4) is 0 Å². The molecule has 8 atom stereocenters. The van der Waals surface area contributed by atoms with Gasteiger partial charge in [-0.15, -0.1) is 0 Å².